The second-order valence-electron chi connectivity index (χ2n) is 2.89. The molecule has 0 bridgehead atoms. The lowest BCUT2D eigenvalue weighted by Gasteiger charge is -2.09. The number of rotatable bonds is 1. The molecule has 0 amide bonds. The summed E-state index contributed by atoms with van der Waals surface area (Å²) in [5.74, 6) is 0.818. The Morgan fingerprint density at radius 2 is 2.20 bits per heavy atom. The first-order valence-corrected chi connectivity index (χ1v) is 4.90. The summed E-state index contributed by atoms with van der Waals surface area (Å²) in [5, 5.41) is 10.2. The number of nitrogens with two attached hydrogens (primary N) is 1. The summed E-state index contributed by atoms with van der Waals surface area (Å²) in [4.78, 5) is 7.90. The van der Waals surface area contributed by atoms with E-state index in [9.17, 15) is 5.11 Å². The lowest BCUT2D eigenvalue weighted by atomic mass is 10.2. The van der Waals surface area contributed by atoms with Crippen LogP contribution in [0.15, 0.2) is 16.9 Å². The van der Waals surface area contributed by atoms with Gasteiger partial charge >= 0.3 is 0 Å². The number of fused-ring (bicyclic) bond motifs is 1. The smallest absolute Gasteiger partial charge is 0.138 e. The molecule has 1 aromatic carbocycles. The molecule has 0 saturated heterocycles. The lowest BCUT2D eigenvalue weighted by Crippen LogP contribution is -1.96. The molecule has 3 N–H and O–H groups in total. The largest absolute Gasteiger partial charge is 0.507 e. The van der Waals surface area contributed by atoms with Crippen LogP contribution in [0.3, 0.4) is 0 Å². The maximum atomic E-state index is 9.59. The standard InChI is InChI=1S/C9H8BrN3O2/c1-15-5-2-4(14)7(10)8-6(5)9(11)13-3-12-8/h2-3,14H,1H3,(H2,11,12,13). The predicted octanol–water partition coefficient (Wildman–Crippen LogP) is 1.69. The number of halogens is 1. The second kappa shape index (κ2) is 3.54. The first kappa shape index (κ1) is 9.97. The van der Waals surface area contributed by atoms with Crippen LogP contribution >= 0.6 is 15.9 Å². The molecule has 1 heterocycles. The molecule has 0 aliphatic carbocycles. The highest BCUT2D eigenvalue weighted by Crippen LogP contribution is 2.39. The highest BCUT2D eigenvalue weighted by molar-refractivity contribution is 9.10. The number of nitrogen functional groups attached to an aromatic ring is 1. The minimum absolute atomic E-state index is 0.0532. The highest BCUT2D eigenvalue weighted by Gasteiger charge is 2.14. The molecular weight excluding hydrogens is 262 g/mol. The van der Waals surface area contributed by atoms with Crippen molar-refractivity contribution in [3.8, 4) is 11.5 Å². The van der Waals surface area contributed by atoms with E-state index in [1.165, 1.54) is 19.5 Å². The van der Waals surface area contributed by atoms with Crippen molar-refractivity contribution in [1.29, 1.82) is 0 Å². The number of ether oxygens (including phenoxy) is 1. The normalized spacial score (nSPS) is 10.5. The fourth-order valence-corrected chi connectivity index (χ4v) is 1.77. The molecule has 15 heavy (non-hydrogen) atoms. The van der Waals surface area contributed by atoms with Crippen LogP contribution in [0.2, 0.25) is 0 Å². The molecule has 0 fully saturated rings. The predicted molar refractivity (Wildman–Crippen MR) is 59.9 cm³/mol. The van der Waals surface area contributed by atoms with E-state index in [2.05, 4.69) is 25.9 Å². The van der Waals surface area contributed by atoms with Crippen molar-refractivity contribution in [3.63, 3.8) is 0 Å². The van der Waals surface area contributed by atoms with Gasteiger partial charge in [0.15, 0.2) is 0 Å². The van der Waals surface area contributed by atoms with E-state index in [1.807, 2.05) is 0 Å². The van der Waals surface area contributed by atoms with Gasteiger partial charge in [-0.05, 0) is 15.9 Å². The molecule has 2 aromatic rings. The molecule has 78 valence electrons. The SMILES string of the molecule is COc1cc(O)c(Br)c2ncnc(N)c12. The Morgan fingerprint density at radius 1 is 1.47 bits per heavy atom. The van der Waals surface area contributed by atoms with Crippen molar-refractivity contribution in [2.45, 2.75) is 0 Å². The first-order valence-electron chi connectivity index (χ1n) is 4.10. The van der Waals surface area contributed by atoms with E-state index in [1.54, 1.807) is 0 Å². The molecule has 0 aliphatic heterocycles. The zero-order valence-electron chi connectivity index (χ0n) is 7.86. The Balaban J connectivity index is 2.96. The number of phenolic OH excluding ortho intramolecular Hbond substituents is 1. The highest BCUT2D eigenvalue weighted by atomic mass is 79.9. The number of anilines is 1. The van der Waals surface area contributed by atoms with Crippen molar-refractivity contribution >= 4 is 32.7 Å². The van der Waals surface area contributed by atoms with Gasteiger partial charge in [0.05, 0.1) is 22.5 Å². The number of hydrogen-bond donors (Lipinski definition) is 2. The second-order valence-corrected chi connectivity index (χ2v) is 3.69. The number of aromatic hydroxyl groups is 1. The van der Waals surface area contributed by atoms with Crippen LogP contribution in [0, 0.1) is 0 Å². The lowest BCUT2D eigenvalue weighted by molar-refractivity contribution is 0.412. The van der Waals surface area contributed by atoms with Gasteiger partial charge in [-0.25, -0.2) is 9.97 Å². The Morgan fingerprint density at radius 3 is 2.87 bits per heavy atom. The Kier molecular flexibility index (Phi) is 2.36. The summed E-state index contributed by atoms with van der Waals surface area (Å²) < 4.78 is 5.58. The van der Waals surface area contributed by atoms with E-state index < -0.39 is 0 Å². The van der Waals surface area contributed by atoms with Crippen LogP contribution in [-0.4, -0.2) is 22.2 Å². The summed E-state index contributed by atoms with van der Waals surface area (Å²) in [7, 11) is 1.49. The fraction of sp³-hybridized carbons (Fsp3) is 0.111. The Bertz CT molecular complexity index is 530. The number of aromatic nitrogens is 2. The molecule has 0 atom stereocenters. The van der Waals surface area contributed by atoms with E-state index >= 15 is 0 Å². The first-order chi connectivity index (χ1) is 7.15. The van der Waals surface area contributed by atoms with Crippen molar-refractivity contribution in [2.24, 2.45) is 0 Å². The Hall–Kier alpha value is -1.56. The monoisotopic (exact) mass is 269 g/mol. The fourth-order valence-electron chi connectivity index (χ4n) is 1.35. The molecule has 2 rings (SSSR count). The summed E-state index contributed by atoms with van der Waals surface area (Å²) in [6.45, 7) is 0. The third-order valence-corrected chi connectivity index (χ3v) is 2.83. The van der Waals surface area contributed by atoms with Crippen molar-refractivity contribution in [3.05, 3.63) is 16.9 Å². The molecule has 6 heteroatoms. The minimum Gasteiger partial charge on any atom is -0.507 e. The third-order valence-electron chi connectivity index (χ3n) is 2.04. The van der Waals surface area contributed by atoms with Gasteiger partial charge < -0.3 is 15.6 Å². The van der Waals surface area contributed by atoms with Gasteiger partial charge in [0.25, 0.3) is 0 Å². The molecule has 0 unspecified atom stereocenters. The van der Waals surface area contributed by atoms with Gasteiger partial charge in [0.2, 0.25) is 0 Å². The summed E-state index contributed by atoms with van der Waals surface area (Å²) >= 11 is 3.23. The summed E-state index contributed by atoms with van der Waals surface area (Å²) in [6.07, 6.45) is 1.33. The van der Waals surface area contributed by atoms with Gasteiger partial charge in [-0.2, -0.15) is 0 Å². The summed E-state index contributed by atoms with van der Waals surface area (Å²) in [6, 6.07) is 1.46. The zero-order valence-corrected chi connectivity index (χ0v) is 9.45. The zero-order chi connectivity index (χ0) is 11.0. The van der Waals surface area contributed by atoms with Crippen LogP contribution in [0.5, 0.6) is 11.5 Å². The Labute approximate surface area is 94.0 Å². The molecule has 0 radical (unpaired) electrons. The number of methoxy groups -OCH3 is 1. The molecule has 0 spiro atoms. The third kappa shape index (κ3) is 1.46. The van der Waals surface area contributed by atoms with Gasteiger partial charge in [-0.1, -0.05) is 0 Å². The molecule has 5 nitrogen and oxygen atoms in total. The number of benzene rings is 1. The van der Waals surface area contributed by atoms with Gasteiger partial charge in [0, 0.05) is 6.07 Å². The van der Waals surface area contributed by atoms with Crippen LogP contribution < -0.4 is 10.5 Å². The van der Waals surface area contributed by atoms with Crippen molar-refractivity contribution in [1.82, 2.24) is 9.97 Å². The van der Waals surface area contributed by atoms with E-state index in [-0.39, 0.29) is 5.75 Å². The maximum absolute atomic E-state index is 9.59. The molecule has 0 saturated carbocycles. The van der Waals surface area contributed by atoms with Crippen LogP contribution in [0.1, 0.15) is 0 Å². The van der Waals surface area contributed by atoms with Crippen LogP contribution in [-0.2, 0) is 0 Å². The summed E-state index contributed by atoms with van der Waals surface area (Å²) in [5.41, 5.74) is 6.25. The van der Waals surface area contributed by atoms with Gasteiger partial charge in [0.1, 0.15) is 23.6 Å². The van der Waals surface area contributed by atoms with Crippen LogP contribution in [0.4, 0.5) is 5.82 Å². The molecule has 1 aromatic heterocycles. The number of phenols is 1. The average molecular weight is 270 g/mol. The quantitative estimate of drug-likeness (QED) is 0.824. The van der Waals surface area contributed by atoms with Crippen molar-refractivity contribution in [2.75, 3.05) is 12.8 Å². The number of hydrogen-bond acceptors (Lipinski definition) is 5. The molecular formula is C9H8BrN3O2. The molecule has 0 aliphatic rings. The van der Waals surface area contributed by atoms with Crippen LogP contribution in [0.25, 0.3) is 10.9 Å². The number of nitrogens with zero attached hydrogens (tertiary/aromatic N) is 2. The van der Waals surface area contributed by atoms with Gasteiger partial charge in [-0.3, -0.25) is 0 Å². The maximum Gasteiger partial charge on any atom is 0.138 e. The van der Waals surface area contributed by atoms with E-state index in [0.29, 0.717) is 26.9 Å². The topological polar surface area (TPSA) is 81.3 Å². The van der Waals surface area contributed by atoms with E-state index in [0.717, 1.165) is 0 Å². The van der Waals surface area contributed by atoms with E-state index in [4.69, 9.17) is 10.5 Å². The minimum atomic E-state index is 0.0532. The average Bonchev–Trinajstić information content (AvgIpc) is 2.23. The van der Waals surface area contributed by atoms with Gasteiger partial charge in [-0.15, -0.1) is 0 Å². The van der Waals surface area contributed by atoms with Crippen molar-refractivity contribution < 1.29 is 9.84 Å².